The third-order valence-electron chi connectivity index (χ3n) is 0. The molecule has 0 aromatic rings. The Morgan fingerprint density at radius 2 is 0.600 bits per heavy atom. The van der Waals surface area contributed by atoms with E-state index in [0.29, 0.717) is 0 Å². The summed E-state index contributed by atoms with van der Waals surface area (Å²) in [6.07, 6.45) is 0. The van der Waals surface area contributed by atoms with Gasteiger partial charge in [-0.05, 0) is 0 Å². The molecule has 6 N–H and O–H groups in total. The summed E-state index contributed by atoms with van der Waals surface area (Å²) in [5.41, 5.74) is 0. The van der Waals surface area contributed by atoms with E-state index in [-0.39, 0.29) is 86.0 Å². The second-order valence-electron chi connectivity index (χ2n) is 0. The number of rotatable bonds is 0. The van der Waals surface area contributed by atoms with Crippen molar-refractivity contribution in [2.45, 2.75) is 0 Å². The second-order valence-corrected chi connectivity index (χ2v) is 0. The zero-order valence-corrected chi connectivity index (χ0v) is 16.4. The molecule has 0 heterocycles. The van der Waals surface area contributed by atoms with Crippen molar-refractivity contribution >= 4 is 57.1 Å². The van der Waals surface area contributed by atoms with Crippen molar-refractivity contribution in [2.75, 3.05) is 0 Å². The molecule has 6 nitrogen and oxygen atoms in total. The van der Waals surface area contributed by atoms with Crippen LogP contribution in [0.5, 0.6) is 0 Å². The molecular weight excluding hydrogens is 470 g/mol. The molecule has 0 saturated carbocycles. The van der Waals surface area contributed by atoms with Crippen LogP contribution in [0.1, 0.15) is 0 Å². The van der Waals surface area contributed by atoms with Crippen LogP contribution in [0.25, 0.3) is 0 Å². The van der Waals surface area contributed by atoms with E-state index in [1.165, 1.54) is 0 Å². The third kappa shape index (κ3) is 142. The molecule has 0 aliphatic heterocycles. The molecule has 0 saturated heterocycles. The average Bonchev–Trinajstić information content (AvgIpc) is 1.00. The zero-order chi connectivity index (χ0) is 2.00. The summed E-state index contributed by atoms with van der Waals surface area (Å²) in [5.74, 6) is 0. The van der Waals surface area contributed by atoms with E-state index in [9.17, 15) is 0 Å². The van der Waals surface area contributed by atoms with Gasteiger partial charge in [0.05, 0.1) is 0 Å². The molecule has 0 fully saturated rings. The minimum atomic E-state index is 0. The van der Waals surface area contributed by atoms with Gasteiger partial charge in [0.15, 0.2) is 0 Å². The quantitative estimate of drug-likeness (QED) is 0.395. The molecule has 0 aromatic carbocycles. The van der Waals surface area contributed by atoms with Gasteiger partial charge in [-0.3, -0.25) is 0 Å². The second kappa shape index (κ2) is 189. The Morgan fingerprint density at radius 3 is 0.600 bits per heavy atom. The first-order valence-corrected chi connectivity index (χ1v) is 4.74. The molecule has 0 radical (unpaired) electrons. The van der Waals surface area contributed by atoms with Crippen LogP contribution in [0.3, 0.4) is 0 Å². The van der Waals surface area contributed by atoms with Gasteiger partial charge in [0, 0.05) is 0 Å². The SMILES string of the molecule is [Cd+2].[In+3].[OH-].[OH-].[OH-].[OH-].[OH-].[OH-].[S]=[In+]. The van der Waals surface area contributed by atoms with Gasteiger partial charge in [-0.1, -0.05) is 0 Å². The van der Waals surface area contributed by atoms with Crippen LogP contribution in [-0.4, -0.2) is 81.1 Å². The maximum absolute atomic E-state index is 4.21. The topological polar surface area (TPSA) is 180 Å². The first-order chi connectivity index (χ1) is 1.00. The number of hydrogen-bond donors (Lipinski definition) is 0. The summed E-state index contributed by atoms with van der Waals surface area (Å²) >= 11 is 0.933. The van der Waals surface area contributed by atoms with Crippen LogP contribution in [0.4, 0.5) is 0 Å². The van der Waals surface area contributed by atoms with Crippen molar-refractivity contribution < 1.29 is 60.2 Å². The Labute approximate surface area is 115 Å². The van der Waals surface area contributed by atoms with Gasteiger partial charge in [0.25, 0.3) is 0 Å². The Morgan fingerprint density at radius 1 is 0.600 bits per heavy atom. The average molecular weight is 476 g/mol. The van der Waals surface area contributed by atoms with Crippen LogP contribution in [0.2, 0.25) is 0 Å². The molecule has 0 amide bonds. The van der Waals surface area contributed by atoms with Crippen molar-refractivity contribution in [3.63, 3.8) is 0 Å². The van der Waals surface area contributed by atoms with Gasteiger partial charge >= 0.3 is 84.4 Å². The van der Waals surface area contributed by atoms with Crippen LogP contribution in [0, 0.1) is 0 Å². The predicted octanol–water partition coefficient (Wildman–Crippen LogP) is -1.18. The summed E-state index contributed by atoms with van der Waals surface area (Å²) in [6.45, 7) is 0. The first-order valence-electron chi connectivity index (χ1n) is 0.236. The predicted molar refractivity (Wildman–Crippen MR) is 30.7 cm³/mol. The Balaban J connectivity index is -0.000000000179. The van der Waals surface area contributed by atoms with Crippen LogP contribution in [0.15, 0.2) is 0 Å². The van der Waals surface area contributed by atoms with Gasteiger partial charge in [-0.2, -0.15) is 0 Å². The molecular formula is H6CdIn2O6S. The molecule has 10 heteroatoms. The van der Waals surface area contributed by atoms with Gasteiger partial charge < -0.3 is 32.9 Å². The number of hydrogen-bond acceptors (Lipinski definition) is 7. The fourth-order valence-corrected chi connectivity index (χ4v) is 0. The molecule has 0 atom stereocenters. The molecule has 0 spiro atoms. The van der Waals surface area contributed by atoms with E-state index in [1.54, 1.807) is 0 Å². The van der Waals surface area contributed by atoms with Gasteiger partial charge in [0.1, 0.15) is 0 Å². The van der Waals surface area contributed by atoms with Gasteiger partial charge in [-0.15, -0.1) is 0 Å². The Kier molecular flexibility index (Phi) is 2440. The molecule has 0 aromatic heterocycles. The summed E-state index contributed by atoms with van der Waals surface area (Å²) in [7, 11) is 4.21. The van der Waals surface area contributed by atoms with Crippen molar-refractivity contribution in [3.8, 4) is 0 Å². The van der Waals surface area contributed by atoms with Crippen LogP contribution >= 0.6 is 8.92 Å². The van der Waals surface area contributed by atoms with E-state index < -0.39 is 0 Å². The molecule has 56 valence electrons. The van der Waals surface area contributed by atoms with E-state index in [4.69, 9.17) is 0 Å². The van der Waals surface area contributed by atoms with E-state index in [0.717, 1.165) is 22.4 Å². The Hall–Kier alpha value is 2.64. The summed E-state index contributed by atoms with van der Waals surface area (Å²) in [5, 5.41) is 0. The molecule has 0 bridgehead atoms. The van der Waals surface area contributed by atoms with Crippen molar-refractivity contribution in [2.24, 2.45) is 0 Å². The van der Waals surface area contributed by atoms with Crippen molar-refractivity contribution in [1.82, 2.24) is 0 Å². The maximum atomic E-state index is 4.21. The van der Waals surface area contributed by atoms with E-state index in [1.807, 2.05) is 0 Å². The van der Waals surface area contributed by atoms with Crippen molar-refractivity contribution in [1.29, 1.82) is 0 Å². The van der Waals surface area contributed by atoms with Gasteiger partial charge in [0.2, 0.25) is 0 Å². The van der Waals surface area contributed by atoms with E-state index >= 15 is 0 Å². The zero-order valence-electron chi connectivity index (χ0n) is 4.95. The standard InChI is InChI=1S/Cd.2In.6H2O.S/h;;;6*1H2;/q+2;+1;+3;;;;;;;/p-6. The fourth-order valence-electron chi connectivity index (χ4n) is 0. The molecule has 0 rings (SSSR count). The summed E-state index contributed by atoms with van der Waals surface area (Å²) < 4.78 is 0. The Bertz CT molecular complexity index is 15.7. The van der Waals surface area contributed by atoms with E-state index in [2.05, 4.69) is 8.92 Å². The molecule has 10 heavy (non-hydrogen) atoms. The normalized spacial score (nSPS) is 0.600. The van der Waals surface area contributed by atoms with Gasteiger partial charge in [-0.25, -0.2) is 0 Å². The van der Waals surface area contributed by atoms with Crippen LogP contribution < -0.4 is 0 Å². The van der Waals surface area contributed by atoms with Crippen LogP contribution in [-0.2, 0) is 27.3 Å². The summed E-state index contributed by atoms with van der Waals surface area (Å²) in [6, 6.07) is 0. The fraction of sp³-hybridized carbons (Fsp3) is 0. The molecule has 0 aliphatic rings. The summed E-state index contributed by atoms with van der Waals surface area (Å²) in [4.78, 5) is 0. The monoisotopic (exact) mass is 478 g/mol. The minimum absolute atomic E-state index is 0. The third-order valence-corrected chi connectivity index (χ3v) is 0. The molecule has 0 unspecified atom stereocenters. The molecule has 0 aliphatic carbocycles. The first kappa shape index (κ1) is 129. The van der Waals surface area contributed by atoms with Crippen molar-refractivity contribution in [3.05, 3.63) is 0 Å².